The molecular weight excluding hydrogens is 374 g/mol. The number of nitrogens with zero attached hydrogens (tertiary/aromatic N) is 2. The third-order valence-corrected chi connectivity index (χ3v) is 5.62. The van der Waals surface area contributed by atoms with Crippen molar-refractivity contribution in [3.63, 3.8) is 0 Å². The van der Waals surface area contributed by atoms with E-state index in [1.54, 1.807) is 58.3 Å². The number of hydrogen-bond acceptors (Lipinski definition) is 6. The van der Waals surface area contributed by atoms with E-state index in [9.17, 15) is 14.4 Å². The van der Waals surface area contributed by atoms with Gasteiger partial charge in [-0.1, -0.05) is 18.2 Å². The quantitative estimate of drug-likeness (QED) is 0.764. The van der Waals surface area contributed by atoms with Crippen LogP contribution in [0.25, 0.3) is 0 Å². The number of carbonyl (C=O) groups excluding carboxylic acids is 2. The van der Waals surface area contributed by atoms with Crippen LogP contribution in [0.15, 0.2) is 46.6 Å². The number of nitrogens with two attached hydrogens (primary N) is 1. The van der Waals surface area contributed by atoms with E-state index in [0.29, 0.717) is 16.9 Å². The summed E-state index contributed by atoms with van der Waals surface area (Å²) >= 11 is 0. The predicted molar refractivity (Wildman–Crippen MR) is 106 cm³/mol. The van der Waals surface area contributed by atoms with Gasteiger partial charge in [0.1, 0.15) is 16.7 Å². The number of fused-ring (bicyclic) bond motifs is 4. The van der Waals surface area contributed by atoms with Crippen molar-refractivity contribution in [2.45, 2.75) is 19.3 Å². The molecule has 150 valence electrons. The number of para-hydroxylation sites is 1. The normalized spacial score (nSPS) is 19.9. The highest BCUT2D eigenvalue weighted by Gasteiger charge is 2.61. The number of aromatic nitrogens is 1. The minimum Gasteiger partial charge on any atom is -0.462 e. The van der Waals surface area contributed by atoms with Gasteiger partial charge < -0.3 is 24.7 Å². The molecule has 1 atom stereocenters. The topological polar surface area (TPSA) is 104 Å². The molecule has 0 radical (unpaired) electrons. The summed E-state index contributed by atoms with van der Waals surface area (Å²) in [7, 11) is 3.20. The molecule has 0 saturated heterocycles. The van der Waals surface area contributed by atoms with E-state index >= 15 is 0 Å². The van der Waals surface area contributed by atoms with Crippen LogP contribution >= 0.6 is 0 Å². The van der Waals surface area contributed by atoms with Gasteiger partial charge in [0, 0.05) is 37.1 Å². The smallest absolute Gasteiger partial charge is 0.341 e. The van der Waals surface area contributed by atoms with Crippen LogP contribution in [-0.2, 0) is 26.8 Å². The van der Waals surface area contributed by atoms with Crippen LogP contribution in [0.5, 0.6) is 5.75 Å². The SMILES string of the molecule is CCOC(=O)C1=C(N)Oc2cc(C)n(C)c(=O)c2C12C(=O)N(C)c1ccccc12. The molecule has 2 aromatic rings. The lowest BCUT2D eigenvalue weighted by atomic mass is 9.68. The summed E-state index contributed by atoms with van der Waals surface area (Å²) in [5, 5.41) is 0. The third kappa shape index (κ3) is 2.22. The summed E-state index contributed by atoms with van der Waals surface area (Å²) in [6.45, 7) is 3.48. The van der Waals surface area contributed by atoms with Crippen molar-refractivity contribution < 1.29 is 19.1 Å². The van der Waals surface area contributed by atoms with Gasteiger partial charge in [-0.05, 0) is 19.9 Å². The molecule has 2 aliphatic heterocycles. The van der Waals surface area contributed by atoms with Crippen molar-refractivity contribution in [3.05, 3.63) is 69.0 Å². The third-order valence-electron chi connectivity index (χ3n) is 5.62. The number of esters is 1. The molecule has 29 heavy (non-hydrogen) atoms. The Morgan fingerprint density at radius 3 is 2.62 bits per heavy atom. The van der Waals surface area contributed by atoms with Crippen LogP contribution in [0.4, 0.5) is 5.69 Å². The summed E-state index contributed by atoms with van der Waals surface area (Å²) in [4.78, 5) is 41.5. The van der Waals surface area contributed by atoms with Gasteiger partial charge in [0.15, 0.2) is 0 Å². The van der Waals surface area contributed by atoms with Crippen molar-refractivity contribution >= 4 is 17.6 Å². The Kier molecular flexibility index (Phi) is 4.04. The Morgan fingerprint density at radius 2 is 1.93 bits per heavy atom. The fraction of sp³-hybridized carbons (Fsp3) is 0.286. The number of carbonyl (C=O) groups is 2. The number of benzene rings is 1. The van der Waals surface area contributed by atoms with Crippen molar-refractivity contribution in [1.82, 2.24) is 4.57 Å². The highest BCUT2D eigenvalue weighted by molar-refractivity contribution is 6.18. The van der Waals surface area contributed by atoms with Gasteiger partial charge in [0.05, 0.1) is 12.2 Å². The van der Waals surface area contributed by atoms with Crippen molar-refractivity contribution in [2.24, 2.45) is 12.8 Å². The van der Waals surface area contributed by atoms with E-state index in [1.165, 1.54) is 9.47 Å². The summed E-state index contributed by atoms with van der Waals surface area (Å²) in [6.07, 6.45) is 0. The molecule has 1 aromatic carbocycles. The second kappa shape index (κ2) is 6.23. The predicted octanol–water partition coefficient (Wildman–Crippen LogP) is 1.08. The first-order valence-electron chi connectivity index (χ1n) is 9.20. The molecule has 0 bridgehead atoms. The highest BCUT2D eigenvalue weighted by atomic mass is 16.5. The number of aryl methyl sites for hydroxylation is 1. The van der Waals surface area contributed by atoms with E-state index in [4.69, 9.17) is 15.2 Å². The summed E-state index contributed by atoms with van der Waals surface area (Å²) in [6, 6.07) is 8.65. The van der Waals surface area contributed by atoms with Crippen molar-refractivity contribution in [2.75, 3.05) is 18.6 Å². The fourth-order valence-corrected chi connectivity index (χ4v) is 4.20. The summed E-state index contributed by atoms with van der Waals surface area (Å²) in [5.74, 6) is -1.34. The molecule has 1 unspecified atom stereocenters. The second-order valence-corrected chi connectivity index (χ2v) is 7.08. The van der Waals surface area contributed by atoms with Crippen LogP contribution in [0, 0.1) is 6.92 Å². The Bertz CT molecular complexity index is 1160. The van der Waals surface area contributed by atoms with Crippen molar-refractivity contribution in [1.29, 1.82) is 0 Å². The number of amides is 1. The number of rotatable bonds is 2. The minimum absolute atomic E-state index is 0.0599. The zero-order chi connectivity index (χ0) is 21.1. The molecule has 8 heteroatoms. The standard InChI is InChI=1S/C21H21N3O5/c1-5-28-19(26)16-17(22)29-14-10-11(2)23(3)18(25)15(14)21(16)12-8-6-7-9-13(12)24(4)20(21)27/h6-10H,5,22H2,1-4H3. The first kappa shape index (κ1) is 18.8. The van der Waals surface area contributed by atoms with E-state index in [0.717, 1.165) is 0 Å². The molecule has 1 spiro atoms. The minimum atomic E-state index is -1.74. The number of ether oxygens (including phenoxy) is 2. The van der Waals surface area contributed by atoms with Gasteiger partial charge in [-0.15, -0.1) is 0 Å². The van der Waals surface area contributed by atoms with E-state index < -0.39 is 22.9 Å². The first-order valence-corrected chi connectivity index (χ1v) is 9.20. The lowest BCUT2D eigenvalue weighted by molar-refractivity contribution is -0.140. The highest BCUT2D eigenvalue weighted by Crippen LogP contribution is 2.54. The van der Waals surface area contributed by atoms with Crippen LogP contribution in [0.3, 0.4) is 0 Å². The van der Waals surface area contributed by atoms with Gasteiger partial charge in [0.25, 0.3) is 5.56 Å². The average Bonchev–Trinajstić information content (AvgIpc) is 2.89. The number of hydrogen-bond donors (Lipinski definition) is 1. The Hall–Kier alpha value is -3.55. The van der Waals surface area contributed by atoms with Crippen molar-refractivity contribution in [3.8, 4) is 5.75 Å². The lowest BCUT2D eigenvalue weighted by Crippen LogP contribution is -2.51. The Labute approximate surface area is 167 Å². The van der Waals surface area contributed by atoms with Gasteiger partial charge in [-0.3, -0.25) is 9.59 Å². The molecule has 8 nitrogen and oxygen atoms in total. The van der Waals surface area contributed by atoms with Gasteiger partial charge >= 0.3 is 5.97 Å². The number of pyridine rings is 1. The number of likely N-dealkylation sites (N-methyl/N-ethyl adjacent to an activating group) is 1. The summed E-state index contributed by atoms with van der Waals surface area (Å²) in [5.41, 5.74) is 5.58. The second-order valence-electron chi connectivity index (χ2n) is 7.08. The van der Waals surface area contributed by atoms with E-state index in [2.05, 4.69) is 0 Å². The van der Waals surface area contributed by atoms with Crippen LogP contribution in [0.1, 0.15) is 23.7 Å². The maximum Gasteiger partial charge on any atom is 0.341 e. The fourth-order valence-electron chi connectivity index (χ4n) is 4.20. The summed E-state index contributed by atoms with van der Waals surface area (Å²) < 4.78 is 12.3. The molecule has 2 aliphatic rings. The van der Waals surface area contributed by atoms with Gasteiger partial charge in [0.2, 0.25) is 11.8 Å². The molecule has 2 N–H and O–H groups in total. The maximum absolute atomic E-state index is 13.7. The largest absolute Gasteiger partial charge is 0.462 e. The first-order chi connectivity index (χ1) is 13.8. The molecule has 0 saturated carbocycles. The maximum atomic E-state index is 13.7. The van der Waals surface area contributed by atoms with Crippen LogP contribution in [-0.4, -0.2) is 30.1 Å². The van der Waals surface area contributed by atoms with Crippen LogP contribution in [0.2, 0.25) is 0 Å². The molecule has 1 amide bonds. The molecule has 4 rings (SSSR count). The monoisotopic (exact) mass is 395 g/mol. The number of anilines is 1. The van der Waals surface area contributed by atoms with E-state index in [-0.39, 0.29) is 29.4 Å². The molecular formula is C21H21N3O5. The lowest BCUT2D eigenvalue weighted by Gasteiger charge is -2.35. The molecule has 1 aromatic heterocycles. The van der Waals surface area contributed by atoms with Crippen LogP contribution < -0.4 is 20.9 Å². The molecule has 0 aliphatic carbocycles. The zero-order valence-electron chi connectivity index (χ0n) is 16.6. The Balaban J connectivity index is 2.21. The molecule has 3 heterocycles. The Morgan fingerprint density at radius 1 is 1.24 bits per heavy atom. The van der Waals surface area contributed by atoms with Gasteiger partial charge in [-0.2, -0.15) is 0 Å². The molecule has 0 fully saturated rings. The zero-order valence-corrected chi connectivity index (χ0v) is 16.6. The van der Waals surface area contributed by atoms with Gasteiger partial charge in [-0.25, -0.2) is 4.79 Å². The average molecular weight is 395 g/mol. The van der Waals surface area contributed by atoms with E-state index in [1.807, 2.05) is 0 Å².